The highest BCUT2D eigenvalue weighted by Crippen LogP contribution is 2.34. The molecule has 3 aromatic carbocycles. The van der Waals surface area contributed by atoms with Crippen molar-refractivity contribution in [1.82, 2.24) is 19.4 Å². The zero-order chi connectivity index (χ0) is 28.7. The Hall–Kier alpha value is -3.74. The Morgan fingerprint density at radius 3 is 1.98 bits per heavy atom. The lowest BCUT2D eigenvalue weighted by Crippen LogP contribution is -2.50. The van der Waals surface area contributed by atoms with Gasteiger partial charge in [0.05, 0.1) is 10.6 Å². The number of aryl methyl sites for hydroxylation is 1. The second-order valence-electron chi connectivity index (χ2n) is 9.19. The summed E-state index contributed by atoms with van der Waals surface area (Å²) >= 11 is 5.95. The van der Waals surface area contributed by atoms with Gasteiger partial charge in [-0.25, -0.2) is 8.42 Å². The molecule has 1 aliphatic heterocycles. The van der Waals surface area contributed by atoms with Gasteiger partial charge >= 0.3 is 6.18 Å². The number of piperazine rings is 1. The molecule has 5 rings (SSSR count). The molecular weight excluding hydrogens is 569 g/mol. The third-order valence-corrected chi connectivity index (χ3v) is 8.88. The van der Waals surface area contributed by atoms with Crippen molar-refractivity contribution in [2.24, 2.45) is 0 Å². The van der Waals surface area contributed by atoms with Gasteiger partial charge in [0.15, 0.2) is 0 Å². The lowest BCUT2D eigenvalue weighted by Gasteiger charge is -2.34. The van der Waals surface area contributed by atoms with Gasteiger partial charge in [0.2, 0.25) is 21.8 Å². The van der Waals surface area contributed by atoms with Crippen LogP contribution in [0.1, 0.15) is 21.5 Å². The number of rotatable bonds is 5. The molecule has 0 aliphatic carbocycles. The normalized spacial score (nSPS) is 14.9. The molecule has 0 atom stereocenters. The third-order valence-electron chi connectivity index (χ3n) is 6.50. The predicted molar refractivity (Wildman–Crippen MR) is 141 cm³/mol. The van der Waals surface area contributed by atoms with Crippen LogP contribution >= 0.6 is 11.6 Å². The average molecular weight is 591 g/mol. The fourth-order valence-corrected chi connectivity index (χ4v) is 6.16. The van der Waals surface area contributed by atoms with Crippen molar-refractivity contribution in [2.45, 2.75) is 18.0 Å². The molecule has 2 heterocycles. The Morgan fingerprint density at radius 1 is 0.875 bits per heavy atom. The van der Waals surface area contributed by atoms with Gasteiger partial charge in [-0.1, -0.05) is 29.3 Å². The number of benzene rings is 3. The van der Waals surface area contributed by atoms with Crippen molar-refractivity contribution in [2.75, 3.05) is 26.2 Å². The molecule has 1 saturated heterocycles. The van der Waals surface area contributed by atoms with E-state index >= 15 is 0 Å². The molecule has 1 amide bonds. The van der Waals surface area contributed by atoms with Crippen molar-refractivity contribution < 1.29 is 30.8 Å². The SMILES string of the molecule is Cc1ccc(-c2nnc(-c3ccc(C(=O)N4CCN(S(=O)(=O)c5cc(C(F)(F)F)ccc5Cl)CC4)cc3)o2)cc1. The van der Waals surface area contributed by atoms with E-state index in [-0.39, 0.29) is 37.1 Å². The molecule has 13 heteroatoms. The molecule has 0 saturated carbocycles. The highest BCUT2D eigenvalue weighted by Gasteiger charge is 2.36. The maximum atomic E-state index is 13.1. The molecule has 1 aliphatic rings. The minimum atomic E-state index is -4.72. The van der Waals surface area contributed by atoms with Crippen molar-refractivity contribution in [3.05, 3.63) is 88.4 Å². The number of halogens is 4. The first-order valence-corrected chi connectivity index (χ1v) is 13.9. The van der Waals surface area contributed by atoms with E-state index in [4.69, 9.17) is 16.0 Å². The Bertz CT molecular complexity index is 1650. The van der Waals surface area contributed by atoms with Crippen LogP contribution in [0.4, 0.5) is 13.2 Å². The van der Waals surface area contributed by atoms with Gasteiger partial charge < -0.3 is 9.32 Å². The molecule has 0 unspecified atom stereocenters. The lowest BCUT2D eigenvalue weighted by molar-refractivity contribution is -0.137. The molecule has 208 valence electrons. The van der Waals surface area contributed by atoms with Crippen LogP contribution in [0.3, 0.4) is 0 Å². The quantitative estimate of drug-likeness (QED) is 0.303. The van der Waals surface area contributed by atoms with Gasteiger partial charge in [-0.3, -0.25) is 4.79 Å². The topological polar surface area (TPSA) is 96.6 Å². The smallest absolute Gasteiger partial charge is 0.416 e. The first-order chi connectivity index (χ1) is 18.9. The maximum absolute atomic E-state index is 13.1. The number of hydrogen-bond acceptors (Lipinski definition) is 6. The van der Waals surface area contributed by atoms with E-state index in [0.717, 1.165) is 27.6 Å². The molecule has 8 nitrogen and oxygen atoms in total. The van der Waals surface area contributed by atoms with E-state index in [9.17, 15) is 26.4 Å². The number of sulfonamides is 1. The lowest BCUT2D eigenvalue weighted by atomic mass is 10.1. The Morgan fingerprint density at radius 2 is 1.43 bits per heavy atom. The van der Waals surface area contributed by atoms with Crippen LogP contribution in [0.2, 0.25) is 5.02 Å². The summed E-state index contributed by atoms with van der Waals surface area (Å²) in [7, 11) is -4.31. The number of aromatic nitrogens is 2. The average Bonchev–Trinajstić information content (AvgIpc) is 3.43. The molecule has 1 fully saturated rings. The summed E-state index contributed by atoms with van der Waals surface area (Å²) in [4.78, 5) is 13.9. The van der Waals surface area contributed by atoms with Crippen LogP contribution in [0.15, 0.2) is 76.0 Å². The van der Waals surface area contributed by atoms with Crippen molar-refractivity contribution in [3.8, 4) is 22.9 Å². The van der Waals surface area contributed by atoms with E-state index in [1.54, 1.807) is 24.3 Å². The summed E-state index contributed by atoms with van der Waals surface area (Å²) in [5.41, 5.74) is 1.77. The Labute approximate surface area is 233 Å². The maximum Gasteiger partial charge on any atom is 0.416 e. The Kier molecular flexibility index (Phi) is 7.42. The summed E-state index contributed by atoms with van der Waals surface area (Å²) in [6, 6.07) is 16.4. The summed E-state index contributed by atoms with van der Waals surface area (Å²) in [6.07, 6.45) is -4.72. The van der Waals surface area contributed by atoms with E-state index in [0.29, 0.717) is 29.0 Å². The number of carbonyl (C=O) groups excluding carboxylic acids is 1. The molecule has 40 heavy (non-hydrogen) atoms. The highest BCUT2D eigenvalue weighted by atomic mass is 35.5. The first-order valence-electron chi connectivity index (χ1n) is 12.1. The van der Waals surface area contributed by atoms with Gasteiger partial charge in [0.25, 0.3) is 5.91 Å². The molecule has 1 aromatic heterocycles. The van der Waals surface area contributed by atoms with Gasteiger partial charge in [0.1, 0.15) is 4.90 Å². The van der Waals surface area contributed by atoms with Gasteiger partial charge in [-0.15, -0.1) is 10.2 Å². The van der Waals surface area contributed by atoms with E-state index in [1.807, 2.05) is 31.2 Å². The number of nitrogens with zero attached hydrogens (tertiary/aromatic N) is 4. The summed E-state index contributed by atoms with van der Waals surface area (Å²) in [6.45, 7) is 1.90. The van der Waals surface area contributed by atoms with Crippen LogP contribution in [0, 0.1) is 6.92 Å². The van der Waals surface area contributed by atoms with E-state index < -0.39 is 26.7 Å². The van der Waals surface area contributed by atoms with Crippen molar-refractivity contribution >= 4 is 27.5 Å². The molecule has 4 aromatic rings. The van der Waals surface area contributed by atoms with Crippen LogP contribution in [-0.4, -0.2) is 59.9 Å². The van der Waals surface area contributed by atoms with E-state index in [1.165, 1.54) is 4.90 Å². The number of hydrogen-bond donors (Lipinski definition) is 0. The molecule has 0 spiro atoms. The van der Waals surface area contributed by atoms with E-state index in [2.05, 4.69) is 10.2 Å². The zero-order valence-corrected chi connectivity index (χ0v) is 22.6. The fourth-order valence-electron chi connectivity index (χ4n) is 4.24. The monoisotopic (exact) mass is 590 g/mol. The van der Waals surface area contributed by atoms with Gasteiger partial charge in [0, 0.05) is 42.9 Å². The van der Waals surface area contributed by atoms with Crippen molar-refractivity contribution in [1.29, 1.82) is 0 Å². The summed E-state index contributed by atoms with van der Waals surface area (Å²) in [5, 5.41) is 7.86. The molecule has 0 N–H and O–H groups in total. The minimum Gasteiger partial charge on any atom is -0.416 e. The fraction of sp³-hybridized carbons (Fsp3) is 0.222. The second-order valence-corrected chi connectivity index (χ2v) is 11.5. The predicted octanol–water partition coefficient (Wildman–Crippen LogP) is 5.53. The molecule has 0 bridgehead atoms. The molecule has 0 radical (unpaired) electrons. The van der Waals surface area contributed by atoms with Gasteiger partial charge in [-0.05, 0) is 61.5 Å². The zero-order valence-electron chi connectivity index (χ0n) is 21.0. The molecular formula is C27H22ClF3N4O4S. The second kappa shape index (κ2) is 10.7. The van der Waals surface area contributed by atoms with Crippen LogP contribution in [-0.2, 0) is 16.2 Å². The number of alkyl halides is 3. The highest BCUT2D eigenvalue weighted by molar-refractivity contribution is 7.89. The summed E-state index contributed by atoms with van der Waals surface area (Å²) < 4.78 is 72.3. The minimum absolute atomic E-state index is 0.0555. The van der Waals surface area contributed by atoms with Gasteiger partial charge in [-0.2, -0.15) is 17.5 Å². The van der Waals surface area contributed by atoms with Crippen molar-refractivity contribution in [3.63, 3.8) is 0 Å². The van der Waals surface area contributed by atoms with Crippen LogP contribution < -0.4 is 0 Å². The van der Waals surface area contributed by atoms with Crippen LogP contribution in [0.5, 0.6) is 0 Å². The van der Waals surface area contributed by atoms with Crippen LogP contribution in [0.25, 0.3) is 22.9 Å². The Balaban J connectivity index is 1.25. The number of amides is 1. The standard InChI is InChI=1S/C27H22ClF3N4O4S/c1-17-2-4-18(5-3-17)24-32-33-25(39-24)19-6-8-20(9-7-19)26(36)34-12-14-35(15-13-34)40(37,38)23-16-21(27(29,30)31)10-11-22(23)28/h2-11,16H,12-15H2,1H3. The number of carbonyl (C=O) groups is 1. The third kappa shape index (κ3) is 5.60. The largest absolute Gasteiger partial charge is 0.416 e. The first kappa shape index (κ1) is 27.8. The summed E-state index contributed by atoms with van der Waals surface area (Å²) in [5.74, 6) is 0.350.